The van der Waals surface area contributed by atoms with E-state index in [0.29, 0.717) is 5.57 Å². The van der Waals surface area contributed by atoms with E-state index in [-0.39, 0.29) is 0 Å². The summed E-state index contributed by atoms with van der Waals surface area (Å²) in [7, 11) is 0. The van der Waals surface area contributed by atoms with E-state index in [0.717, 1.165) is 43.0 Å². The van der Waals surface area contributed by atoms with Crippen LogP contribution in [0.5, 0.6) is 0 Å². The van der Waals surface area contributed by atoms with E-state index >= 15 is 0 Å². The van der Waals surface area contributed by atoms with Crippen molar-refractivity contribution in [3.05, 3.63) is 76.6 Å². The monoisotopic (exact) mass is 324 g/mol. The maximum atomic E-state index is 9.80. The smallest absolute Gasteiger partial charge is 0.132 e. The zero-order chi connectivity index (χ0) is 16.1. The first kappa shape index (κ1) is 13.4. The summed E-state index contributed by atoms with van der Waals surface area (Å²) in [5.74, 6) is 2.33. The van der Waals surface area contributed by atoms with Crippen molar-refractivity contribution >= 4 is 55.2 Å². The Kier molecular flexibility index (Phi) is 2.77. The van der Waals surface area contributed by atoms with E-state index in [4.69, 9.17) is 4.99 Å². The fourth-order valence-corrected chi connectivity index (χ4v) is 4.13. The molecule has 0 unspecified atom stereocenters. The van der Waals surface area contributed by atoms with Gasteiger partial charge in [-0.3, -0.25) is 5.87 Å². The van der Waals surface area contributed by atoms with Crippen molar-refractivity contribution in [1.29, 1.82) is 0 Å². The highest BCUT2D eigenvalue weighted by Gasteiger charge is 2.23. The van der Waals surface area contributed by atoms with Gasteiger partial charge in [-0.25, -0.2) is 9.98 Å². The SMILES string of the molecule is [N-]=C=C(C1=Nc2cccc3cccc1c23)c1nc2ccccc2s1. The normalized spacial score (nSPS) is 12.4. The summed E-state index contributed by atoms with van der Waals surface area (Å²) in [6, 6.07) is 20.1. The lowest BCUT2D eigenvalue weighted by Crippen LogP contribution is -2.02. The van der Waals surface area contributed by atoms with Gasteiger partial charge in [-0.2, -0.15) is 0 Å². The molecular formula is C20H10N3S-. The van der Waals surface area contributed by atoms with Crippen molar-refractivity contribution in [3.8, 4) is 0 Å². The van der Waals surface area contributed by atoms with Gasteiger partial charge in [0.1, 0.15) is 5.01 Å². The van der Waals surface area contributed by atoms with Gasteiger partial charge in [-0.05, 0) is 23.6 Å². The highest BCUT2D eigenvalue weighted by molar-refractivity contribution is 7.20. The van der Waals surface area contributed by atoms with Crippen molar-refractivity contribution in [2.75, 3.05) is 0 Å². The highest BCUT2D eigenvalue weighted by atomic mass is 32.1. The molecule has 5 rings (SSSR count). The number of nitrogens with zero attached hydrogens (tertiary/aromatic N) is 3. The molecule has 0 bridgehead atoms. The maximum Gasteiger partial charge on any atom is 0.132 e. The number of hydrogen-bond donors (Lipinski definition) is 0. The predicted octanol–water partition coefficient (Wildman–Crippen LogP) is 5.21. The molecule has 0 fully saturated rings. The molecule has 0 radical (unpaired) electrons. The molecule has 0 saturated carbocycles. The molecule has 0 saturated heterocycles. The van der Waals surface area contributed by atoms with Crippen LogP contribution in [0.1, 0.15) is 10.6 Å². The standard InChI is InChI=1S/C20H10N3S/c21-11-14(20-23-15-8-1-2-10-17(15)24-20)19-13-7-3-5-12-6-4-9-16(22-19)18(12)13/h1-10H/q-1. The van der Waals surface area contributed by atoms with Crippen LogP contribution in [0.3, 0.4) is 0 Å². The van der Waals surface area contributed by atoms with Crippen LogP contribution in [0.4, 0.5) is 5.69 Å². The zero-order valence-electron chi connectivity index (χ0n) is 12.5. The van der Waals surface area contributed by atoms with E-state index in [1.807, 2.05) is 48.5 Å². The maximum absolute atomic E-state index is 9.80. The summed E-state index contributed by atoms with van der Waals surface area (Å²) in [6.07, 6.45) is 0. The first-order valence-corrected chi connectivity index (χ1v) is 8.41. The summed E-state index contributed by atoms with van der Waals surface area (Å²) in [4.78, 5) is 9.37. The predicted molar refractivity (Wildman–Crippen MR) is 102 cm³/mol. The summed E-state index contributed by atoms with van der Waals surface area (Å²) in [5, 5.41) is 12.8. The first-order chi connectivity index (χ1) is 11.8. The van der Waals surface area contributed by atoms with Crippen LogP contribution in [0.25, 0.3) is 32.0 Å². The number of para-hydroxylation sites is 1. The molecular weight excluding hydrogens is 314 g/mol. The molecule has 0 aliphatic carbocycles. The molecule has 112 valence electrons. The van der Waals surface area contributed by atoms with Crippen LogP contribution in [0, 0.1) is 0 Å². The number of allylic oxidation sites excluding steroid dienone is 1. The molecule has 4 heteroatoms. The largest absolute Gasteiger partial charge is 0.763 e. The van der Waals surface area contributed by atoms with Crippen molar-refractivity contribution in [2.45, 2.75) is 0 Å². The van der Waals surface area contributed by atoms with Crippen molar-refractivity contribution in [3.63, 3.8) is 0 Å². The van der Waals surface area contributed by atoms with Crippen LogP contribution in [0.15, 0.2) is 65.7 Å². The van der Waals surface area contributed by atoms with E-state index in [2.05, 4.69) is 23.0 Å². The molecule has 3 aromatic carbocycles. The van der Waals surface area contributed by atoms with E-state index in [1.165, 1.54) is 11.3 Å². The van der Waals surface area contributed by atoms with Gasteiger partial charge in [0.05, 0.1) is 27.2 Å². The first-order valence-electron chi connectivity index (χ1n) is 7.59. The second-order valence-electron chi connectivity index (χ2n) is 5.61. The number of aliphatic imine (C=N–C) groups is 1. The fourth-order valence-electron chi connectivity index (χ4n) is 3.16. The summed E-state index contributed by atoms with van der Waals surface area (Å²) >= 11 is 1.53. The van der Waals surface area contributed by atoms with Crippen molar-refractivity contribution < 1.29 is 0 Å². The molecule has 3 nitrogen and oxygen atoms in total. The van der Waals surface area contributed by atoms with Gasteiger partial charge in [0.2, 0.25) is 0 Å². The van der Waals surface area contributed by atoms with Crippen LogP contribution in [0.2, 0.25) is 0 Å². The Labute approximate surface area is 142 Å². The molecule has 1 aliphatic rings. The molecule has 0 N–H and O–H groups in total. The lowest BCUT2D eigenvalue weighted by molar-refractivity contribution is 1.45. The quantitative estimate of drug-likeness (QED) is 0.467. The summed E-state index contributed by atoms with van der Waals surface area (Å²) in [6.45, 7) is 0. The number of thiazole rings is 1. The average molecular weight is 324 g/mol. The molecule has 24 heavy (non-hydrogen) atoms. The number of hydrogen-bond acceptors (Lipinski definition) is 3. The van der Waals surface area contributed by atoms with Crippen LogP contribution < -0.4 is 0 Å². The Balaban J connectivity index is 1.74. The topological polar surface area (TPSA) is 47.5 Å². The van der Waals surface area contributed by atoms with E-state index < -0.39 is 0 Å². The number of aromatic nitrogens is 1. The average Bonchev–Trinajstić information content (AvgIpc) is 3.20. The Morgan fingerprint density at radius 1 is 0.958 bits per heavy atom. The van der Waals surface area contributed by atoms with Crippen molar-refractivity contribution in [1.82, 2.24) is 4.98 Å². The van der Waals surface area contributed by atoms with Gasteiger partial charge in [-0.1, -0.05) is 42.5 Å². The van der Waals surface area contributed by atoms with Gasteiger partial charge in [0, 0.05) is 10.9 Å². The Morgan fingerprint density at radius 3 is 2.62 bits per heavy atom. The Morgan fingerprint density at radius 2 is 1.79 bits per heavy atom. The lowest BCUT2D eigenvalue weighted by atomic mass is 9.99. The number of rotatable bonds is 2. The van der Waals surface area contributed by atoms with Gasteiger partial charge in [0.25, 0.3) is 0 Å². The van der Waals surface area contributed by atoms with Crippen molar-refractivity contribution in [2.24, 2.45) is 4.99 Å². The molecule has 1 aromatic heterocycles. The fraction of sp³-hybridized carbons (Fsp3) is 0. The van der Waals surface area contributed by atoms with Gasteiger partial charge < -0.3 is 5.41 Å². The minimum absolute atomic E-state index is 0.542. The minimum Gasteiger partial charge on any atom is -0.763 e. The summed E-state index contributed by atoms with van der Waals surface area (Å²) < 4.78 is 1.08. The van der Waals surface area contributed by atoms with E-state index in [1.54, 1.807) is 0 Å². The van der Waals surface area contributed by atoms with Crippen LogP contribution >= 0.6 is 11.3 Å². The van der Waals surface area contributed by atoms with Gasteiger partial charge in [0.15, 0.2) is 0 Å². The molecule has 0 amide bonds. The third-order valence-corrected chi connectivity index (χ3v) is 5.28. The molecule has 0 spiro atoms. The Hall–Kier alpha value is -3.07. The van der Waals surface area contributed by atoms with Crippen LogP contribution in [-0.4, -0.2) is 16.6 Å². The highest BCUT2D eigenvalue weighted by Crippen LogP contribution is 2.39. The third kappa shape index (κ3) is 1.81. The second kappa shape index (κ2) is 4.96. The van der Waals surface area contributed by atoms with Crippen LogP contribution in [-0.2, 0) is 0 Å². The minimum atomic E-state index is 0.542. The molecule has 2 heterocycles. The van der Waals surface area contributed by atoms with Gasteiger partial charge in [-0.15, -0.1) is 11.3 Å². The third-order valence-electron chi connectivity index (χ3n) is 4.23. The molecule has 4 aromatic rings. The summed E-state index contributed by atoms with van der Waals surface area (Å²) in [5.41, 5.74) is 4.12. The molecule has 0 atom stereocenters. The zero-order valence-corrected chi connectivity index (χ0v) is 13.3. The number of benzene rings is 3. The van der Waals surface area contributed by atoms with Gasteiger partial charge >= 0.3 is 0 Å². The lowest BCUT2D eigenvalue weighted by Gasteiger charge is -2.05. The Bertz CT molecular complexity index is 1170. The molecule has 1 aliphatic heterocycles. The number of fused-ring (bicyclic) bond motifs is 1. The second-order valence-corrected chi connectivity index (χ2v) is 6.65. The van der Waals surface area contributed by atoms with E-state index in [9.17, 15) is 5.41 Å².